The number of sulfonamides is 1. The summed E-state index contributed by atoms with van der Waals surface area (Å²) in [6.07, 6.45) is 1.78. The van der Waals surface area contributed by atoms with Gasteiger partial charge in [-0.15, -0.1) is 0 Å². The molecule has 10 heteroatoms. The maximum Gasteiger partial charge on any atom is 0.276 e. The molecule has 2 atom stereocenters. The summed E-state index contributed by atoms with van der Waals surface area (Å²) >= 11 is 5.88. The molecule has 2 aliphatic heterocycles. The van der Waals surface area contributed by atoms with Crippen LogP contribution in [-0.4, -0.2) is 37.8 Å². The van der Waals surface area contributed by atoms with Gasteiger partial charge in [0.05, 0.1) is 6.04 Å². The normalized spacial score (nSPS) is 23.2. The van der Waals surface area contributed by atoms with Crippen molar-refractivity contribution in [1.82, 2.24) is 20.5 Å². The van der Waals surface area contributed by atoms with Crippen LogP contribution in [0.5, 0.6) is 0 Å². The van der Waals surface area contributed by atoms with E-state index in [-0.39, 0.29) is 36.0 Å². The number of nitrogens with one attached hydrogen (secondary N) is 3. The minimum Gasteiger partial charge on any atom is -0.447 e. The Kier molecular flexibility index (Phi) is 6.68. The van der Waals surface area contributed by atoms with E-state index < -0.39 is 10.0 Å². The number of halogens is 1. The molecule has 0 spiro atoms. The fraction of sp³-hybridized carbons (Fsp3) is 0.476. The molecular formula is C21H27ClN4O4S. The van der Waals surface area contributed by atoms with Gasteiger partial charge in [-0.05, 0) is 56.0 Å². The third kappa shape index (κ3) is 5.12. The zero-order valence-electron chi connectivity index (χ0n) is 17.3. The lowest BCUT2D eigenvalue weighted by molar-refractivity contribution is -0.126. The Morgan fingerprint density at radius 2 is 1.87 bits per heavy atom. The van der Waals surface area contributed by atoms with Crippen molar-refractivity contribution in [1.29, 1.82) is 0 Å². The molecule has 2 unspecified atom stereocenters. The molecule has 3 heterocycles. The van der Waals surface area contributed by atoms with Gasteiger partial charge in [-0.2, -0.15) is 4.31 Å². The molecule has 4 rings (SSSR count). The lowest BCUT2D eigenvalue weighted by Gasteiger charge is -2.29. The number of furan rings is 1. The van der Waals surface area contributed by atoms with Gasteiger partial charge in [-0.1, -0.05) is 23.7 Å². The van der Waals surface area contributed by atoms with E-state index in [0.29, 0.717) is 36.2 Å². The Labute approximate surface area is 187 Å². The Hall–Kier alpha value is -1.91. The number of hydrogen-bond donors (Lipinski definition) is 3. The first kappa shape index (κ1) is 22.3. The van der Waals surface area contributed by atoms with Crippen molar-refractivity contribution < 1.29 is 17.6 Å². The van der Waals surface area contributed by atoms with Crippen LogP contribution < -0.4 is 16.2 Å². The summed E-state index contributed by atoms with van der Waals surface area (Å²) in [5.41, 5.74) is 7.18. The molecule has 0 aliphatic carbocycles. The van der Waals surface area contributed by atoms with E-state index in [2.05, 4.69) is 16.2 Å². The van der Waals surface area contributed by atoms with Gasteiger partial charge in [0.25, 0.3) is 10.0 Å². The molecule has 168 valence electrons. The van der Waals surface area contributed by atoms with Crippen LogP contribution in [0.2, 0.25) is 5.02 Å². The van der Waals surface area contributed by atoms with Crippen molar-refractivity contribution in [2.24, 2.45) is 5.92 Å². The smallest absolute Gasteiger partial charge is 0.276 e. The highest BCUT2D eigenvalue weighted by Crippen LogP contribution is 2.29. The molecule has 31 heavy (non-hydrogen) atoms. The number of piperidine rings is 1. The summed E-state index contributed by atoms with van der Waals surface area (Å²) in [7, 11) is -3.72. The summed E-state index contributed by atoms with van der Waals surface area (Å²) in [5, 5.41) is 3.53. The quantitative estimate of drug-likeness (QED) is 0.604. The van der Waals surface area contributed by atoms with Crippen molar-refractivity contribution in [3.05, 3.63) is 52.7 Å². The zero-order valence-corrected chi connectivity index (χ0v) is 18.9. The lowest BCUT2D eigenvalue weighted by atomic mass is 9.97. The van der Waals surface area contributed by atoms with Crippen LogP contribution >= 0.6 is 11.6 Å². The molecule has 8 nitrogen and oxygen atoms in total. The topological polar surface area (TPSA) is 104 Å². The lowest BCUT2D eigenvalue weighted by Crippen LogP contribution is -2.42. The minimum absolute atomic E-state index is 0.0468. The first-order chi connectivity index (χ1) is 14.8. The number of amides is 1. The van der Waals surface area contributed by atoms with Crippen molar-refractivity contribution in [2.75, 3.05) is 13.1 Å². The molecule has 2 aliphatic rings. The standard InChI is InChI=1S/C21H27ClN4O4S/c1-14-12-18(25-24-14)19-6-7-20(30-19)31(28,29)26-10-8-16(9-11-26)21(27)23-13-15-2-4-17(22)5-3-15/h2-7,14,16,18,24-25H,8-13H2,1H3,(H,23,27). The largest absolute Gasteiger partial charge is 0.447 e. The van der Waals surface area contributed by atoms with Gasteiger partial charge in [0.1, 0.15) is 5.76 Å². The maximum absolute atomic E-state index is 13.0. The van der Waals surface area contributed by atoms with Crippen molar-refractivity contribution in [3.63, 3.8) is 0 Å². The summed E-state index contributed by atoms with van der Waals surface area (Å²) in [4.78, 5) is 12.5. The third-order valence-electron chi connectivity index (χ3n) is 5.84. The molecule has 0 bridgehead atoms. The highest BCUT2D eigenvalue weighted by Gasteiger charge is 2.34. The van der Waals surface area contributed by atoms with Gasteiger partial charge in [-0.3, -0.25) is 10.2 Å². The summed E-state index contributed by atoms with van der Waals surface area (Å²) < 4.78 is 33.0. The van der Waals surface area contributed by atoms with E-state index in [9.17, 15) is 13.2 Å². The van der Waals surface area contributed by atoms with E-state index in [0.717, 1.165) is 12.0 Å². The monoisotopic (exact) mass is 466 g/mol. The van der Waals surface area contributed by atoms with Crippen LogP contribution in [0.3, 0.4) is 0 Å². The maximum atomic E-state index is 13.0. The van der Waals surface area contributed by atoms with E-state index >= 15 is 0 Å². The second-order valence-electron chi connectivity index (χ2n) is 8.16. The van der Waals surface area contributed by atoms with Gasteiger partial charge in [-0.25, -0.2) is 13.8 Å². The molecule has 1 aromatic heterocycles. The van der Waals surface area contributed by atoms with Crippen LogP contribution in [0.4, 0.5) is 0 Å². The third-order valence-corrected chi connectivity index (χ3v) is 7.86. The van der Waals surface area contributed by atoms with Crippen LogP contribution in [-0.2, 0) is 21.4 Å². The Morgan fingerprint density at radius 3 is 2.52 bits per heavy atom. The first-order valence-electron chi connectivity index (χ1n) is 10.5. The van der Waals surface area contributed by atoms with E-state index in [1.807, 2.05) is 19.1 Å². The Balaban J connectivity index is 1.31. The molecule has 2 aromatic rings. The Morgan fingerprint density at radius 1 is 1.16 bits per heavy atom. The molecule has 1 aromatic carbocycles. The van der Waals surface area contributed by atoms with E-state index in [4.69, 9.17) is 16.0 Å². The summed E-state index contributed by atoms with van der Waals surface area (Å²) in [5.74, 6) is 0.342. The summed E-state index contributed by atoms with van der Waals surface area (Å²) in [6.45, 7) is 3.05. The van der Waals surface area contributed by atoms with Crippen LogP contribution in [0.1, 0.15) is 43.6 Å². The van der Waals surface area contributed by atoms with Gasteiger partial charge < -0.3 is 9.73 Å². The SMILES string of the molecule is CC1CC(c2ccc(S(=O)(=O)N3CCC(C(=O)NCc4ccc(Cl)cc4)CC3)o2)NN1. The molecule has 3 N–H and O–H groups in total. The van der Waals surface area contributed by atoms with E-state index in [1.165, 1.54) is 10.4 Å². The molecular weight excluding hydrogens is 440 g/mol. The van der Waals surface area contributed by atoms with E-state index in [1.54, 1.807) is 18.2 Å². The van der Waals surface area contributed by atoms with Crippen molar-refractivity contribution in [3.8, 4) is 0 Å². The summed E-state index contributed by atoms with van der Waals surface area (Å²) in [6, 6.07) is 10.8. The number of nitrogens with zero attached hydrogens (tertiary/aromatic N) is 1. The average molecular weight is 467 g/mol. The minimum atomic E-state index is -3.72. The number of carbonyl (C=O) groups is 1. The second-order valence-corrected chi connectivity index (χ2v) is 10.5. The molecule has 1 amide bonds. The fourth-order valence-corrected chi connectivity index (χ4v) is 5.50. The molecule has 0 saturated carbocycles. The van der Waals surface area contributed by atoms with Crippen LogP contribution in [0.15, 0.2) is 45.9 Å². The first-order valence-corrected chi connectivity index (χ1v) is 12.3. The van der Waals surface area contributed by atoms with Crippen molar-refractivity contribution in [2.45, 2.75) is 49.9 Å². The van der Waals surface area contributed by atoms with Crippen molar-refractivity contribution >= 4 is 27.5 Å². The number of hydrogen-bond acceptors (Lipinski definition) is 6. The number of benzene rings is 1. The Bertz CT molecular complexity index is 1020. The predicted octanol–water partition coefficient (Wildman–Crippen LogP) is 2.58. The highest BCUT2D eigenvalue weighted by molar-refractivity contribution is 7.89. The average Bonchev–Trinajstić information content (AvgIpc) is 3.43. The van der Waals surface area contributed by atoms with Crippen LogP contribution in [0, 0.1) is 5.92 Å². The van der Waals surface area contributed by atoms with Crippen LogP contribution in [0.25, 0.3) is 0 Å². The fourth-order valence-electron chi connectivity index (χ4n) is 3.98. The number of rotatable bonds is 6. The van der Waals surface area contributed by atoms with Gasteiger partial charge >= 0.3 is 0 Å². The molecule has 0 radical (unpaired) electrons. The van der Waals surface area contributed by atoms with Gasteiger partial charge in [0.2, 0.25) is 11.0 Å². The predicted molar refractivity (Wildman–Crippen MR) is 117 cm³/mol. The molecule has 2 saturated heterocycles. The number of hydrazine groups is 1. The second kappa shape index (κ2) is 9.30. The van der Waals surface area contributed by atoms with Gasteiger partial charge in [0.15, 0.2) is 0 Å². The zero-order chi connectivity index (χ0) is 22.0. The number of carbonyl (C=O) groups excluding carboxylic acids is 1. The van der Waals surface area contributed by atoms with Gasteiger partial charge in [0, 0.05) is 36.6 Å². The molecule has 2 fully saturated rings. The highest BCUT2D eigenvalue weighted by atomic mass is 35.5.